The second-order valence-corrected chi connectivity index (χ2v) is 5.32. The largest absolute Gasteiger partial charge is 0.488 e. The predicted octanol–water partition coefficient (Wildman–Crippen LogP) is 3.11. The Hall–Kier alpha value is -2.08. The summed E-state index contributed by atoms with van der Waals surface area (Å²) < 4.78 is 5.68. The van der Waals surface area contributed by atoms with E-state index in [0.29, 0.717) is 10.8 Å². The van der Waals surface area contributed by atoms with Gasteiger partial charge in [-0.25, -0.2) is 14.8 Å². The summed E-state index contributed by atoms with van der Waals surface area (Å²) in [6.07, 6.45) is 3.19. The Bertz CT molecular complexity index is 617. The average Bonchev–Trinajstić information content (AvgIpc) is 2.41. The van der Waals surface area contributed by atoms with Crippen molar-refractivity contribution in [3.05, 3.63) is 42.4 Å². The van der Waals surface area contributed by atoms with Crippen LogP contribution in [0.3, 0.4) is 0 Å². The van der Waals surface area contributed by atoms with E-state index in [9.17, 15) is 4.79 Å². The van der Waals surface area contributed by atoms with Crippen molar-refractivity contribution in [2.45, 2.75) is 29.9 Å². The molecule has 104 valence electrons. The van der Waals surface area contributed by atoms with E-state index in [1.54, 1.807) is 18.3 Å². The van der Waals surface area contributed by atoms with Gasteiger partial charge in [0.2, 0.25) is 0 Å². The number of ether oxygens (including phenoxy) is 1. The zero-order valence-corrected chi connectivity index (χ0v) is 11.9. The number of pyridine rings is 2. The number of carbonyl (C=O) groups is 1. The molecule has 20 heavy (non-hydrogen) atoms. The second-order valence-electron chi connectivity index (χ2n) is 4.26. The molecule has 2 rings (SSSR count). The van der Waals surface area contributed by atoms with Crippen LogP contribution in [-0.4, -0.2) is 27.1 Å². The van der Waals surface area contributed by atoms with Gasteiger partial charge in [0, 0.05) is 17.3 Å². The summed E-state index contributed by atoms with van der Waals surface area (Å²) in [6, 6.07) is 6.90. The quantitative estimate of drug-likeness (QED) is 0.912. The van der Waals surface area contributed by atoms with E-state index in [1.807, 2.05) is 19.9 Å². The predicted molar refractivity (Wildman–Crippen MR) is 75.3 cm³/mol. The molecule has 6 heteroatoms. The molecule has 2 heterocycles. The van der Waals surface area contributed by atoms with Gasteiger partial charge in [-0.1, -0.05) is 11.8 Å². The molecule has 2 aromatic heterocycles. The van der Waals surface area contributed by atoms with Crippen molar-refractivity contribution >= 4 is 17.7 Å². The Labute approximate surface area is 121 Å². The van der Waals surface area contributed by atoms with Crippen LogP contribution >= 0.6 is 11.8 Å². The van der Waals surface area contributed by atoms with E-state index in [-0.39, 0.29) is 11.8 Å². The highest BCUT2D eigenvalue weighted by Crippen LogP contribution is 2.33. The Kier molecular flexibility index (Phi) is 4.57. The highest BCUT2D eigenvalue weighted by Gasteiger charge is 2.10. The lowest BCUT2D eigenvalue weighted by Crippen LogP contribution is -2.06. The molecule has 0 atom stereocenters. The van der Waals surface area contributed by atoms with Gasteiger partial charge in [0.25, 0.3) is 0 Å². The highest BCUT2D eigenvalue weighted by molar-refractivity contribution is 7.99. The molecule has 0 saturated heterocycles. The molecule has 0 radical (unpaired) electrons. The molecule has 0 unspecified atom stereocenters. The van der Waals surface area contributed by atoms with E-state index in [4.69, 9.17) is 9.84 Å². The number of nitrogens with zero attached hydrogens (tertiary/aromatic N) is 2. The number of carboxylic acids is 1. The highest BCUT2D eigenvalue weighted by atomic mass is 32.2. The van der Waals surface area contributed by atoms with E-state index in [2.05, 4.69) is 9.97 Å². The summed E-state index contributed by atoms with van der Waals surface area (Å²) in [6.45, 7) is 3.88. The summed E-state index contributed by atoms with van der Waals surface area (Å²) in [7, 11) is 0. The van der Waals surface area contributed by atoms with Crippen molar-refractivity contribution in [1.29, 1.82) is 0 Å². The number of aromatic nitrogens is 2. The summed E-state index contributed by atoms with van der Waals surface area (Å²) in [5, 5.41) is 9.63. The fourth-order valence-electron chi connectivity index (χ4n) is 1.50. The maximum Gasteiger partial charge on any atom is 0.354 e. The summed E-state index contributed by atoms with van der Waals surface area (Å²) in [5.41, 5.74) is 0.0114. The van der Waals surface area contributed by atoms with Crippen molar-refractivity contribution in [2.24, 2.45) is 0 Å². The van der Waals surface area contributed by atoms with E-state index in [1.165, 1.54) is 24.0 Å². The summed E-state index contributed by atoms with van der Waals surface area (Å²) in [5.74, 6) is -0.367. The maximum absolute atomic E-state index is 10.9. The lowest BCUT2D eigenvalue weighted by Gasteiger charge is -2.12. The molecule has 0 aliphatic heterocycles. The molecule has 0 bridgehead atoms. The van der Waals surface area contributed by atoms with Gasteiger partial charge in [0.1, 0.15) is 10.7 Å². The van der Waals surface area contributed by atoms with Crippen molar-refractivity contribution in [3.8, 4) is 5.75 Å². The lowest BCUT2D eigenvalue weighted by atomic mass is 10.3. The monoisotopic (exact) mass is 290 g/mol. The third-order valence-corrected chi connectivity index (χ3v) is 3.25. The standard InChI is InChI=1S/C14H14N2O3S/c1-9(2)19-12-4-3-6-16-13(12)20-10-5-7-15-11(8-10)14(17)18/h3-9H,1-2H3,(H,17,18). The first-order chi connectivity index (χ1) is 9.56. The molecule has 0 saturated carbocycles. The Morgan fingerprint density at radius 3 is 2.80 bits per heavy atom. The molecule has 0 spiro atoms. The molecule has 0 amide bonds. The number of carboxylic acid groups (broad SMARTS) is 1. The zero-order chi connectivity index (χ0) is 14.5. The SMILES string of the molecule is CC(C)Oc1cccnc1Sc1ccnc(C(=O)O)c1. The molecular formula is C14H14N2O3S. The van der Waals surface area contributed by atoms with E-state index in [0.717, 1.165) is 4.90 Å². The van der Waals surface area contributed by atoms with Crippen molar-refractivity contribution < 1.29 is 14.6 Å². The van der Waals surface area contributed by atoms with Gasteiger partial charge in [-0.3, -0.25) is 0 Å². The maximum atomic E-state index is 10.9. The minimum absolute atomic E-state index is 0.0114. The Morgan fingerprint density at radius 1 is 1.30 bits per heavy atom. The van der Waals surface area contributed by atoms with E-state index >= 15 is 0 Å². The number of hydrogen-bond donors (Lipinski definition) is 1. The van der Waals surface area contributed by atoms with Gasteiger partial charge >= 0.3 is 5.97 Å². The molecule has 0 aliphatic carbocycles. The second kappa shape index (κ2) is 6.38. The van der Waals surface area contributed by atoms with Gasteiger partial charge in [0.15, 0.2) is 5.75 Å². The van der Waals surface area contributed by atoms with Gasteiger partial charge in [-0.2, -0.15) is 0 Å². The van der Waals surface area contributed by atoms with Crippen LogP contribution in [0, 0.1) is 0 Å². The summed E-state index contributed by atoms with van der Waals surface area (Å²) in [4.78, 5) is 19.7. The molecule has 0 fully saturated rings. The lowest BCUT2D eigenvalue weighted by molar-refractivity contribution is 0.0690. The van der Waals surface area contributed by atoms with Crippen LogP contribution in [0.5, 0.6) is 5.75 Å². The average molecular weight is 290 g/mol. The number of rotatable bonds is 5. The third kappa shape index (κ3) is 3.71. The minimum atomic E-state index is -1.05. The topological polar surface area (TPSA) is 72.3 Å². The van der Waals surface area contributed by atoms with Crippen LogP contribution in [0.2, 0.25) is 0 Å². The Balaban J connectivity index is 2.25. The number of hydrogen-bond acceptors (Lipinski definition) is 5. The smallest absolute Gasteiger partial charge is 0.354 e. The molecular weight excluding hydrogens is 276 g/mol. The molecule has 0 aromatic carbocycles. The van der Waals surface area contributed by atoms with Crippen LogP contribution in [0.1, 0.15) is 24.3 Å². The first kappa shape index (κ1) is 14.3. The van der Waals surface area contributed by atoms with Crippen LogP contribution in [-0.2, 0) is 0 Å². The van der Waals surface area contributed by atoms with Crippen LogP contribution in [0.15, 0.2) is 46.6 Å². The molecule has 2 aromatic rings. The fourth-order valence-corrected chi connectivity index (χ4v) is 2.35. The molecule has 1 N–H and O–H groups in total. The van der Waals surface area contributed by atoms with Crippen molar-refractivity contribution in [3.63, 3.8) is 0 Å². The fraction of sp³-hybridized carbons (Fsp3) is 0.214. The molecule has 5 nitrogen and oxygen atoms in total. The first-order valence-electron chi connectivity index (χ1n) is 6.05. The Morgan fingerprint density at radius 2 is 2.10 bits per heavy atom. The van der Waals surface area contributed by atoms with Gasteiger partial charge in [-0.15, -0.1) is 0 Å². The third-order valence-electron chi connectivity index (χ3n) is 2.26. The van der Waals surface area contributed by atoms with Crippen LogP contribution < -0.4 is 4.74 Å². The van der Waals surface area contributed by atoms with E-state index < -0.39 is 5.97 Å². The van der Waals surface area contributed by atoms with Crippen LogP contribution in [0.4, 0.5) is 0 Å². The normalized spacial score (nSPS) is 10.6. The van der Waals surface area contributed by atoms with Gasteiger partial charge < -0.3 is 9.84 Å². The molecule has 0 aliphatic rings. The zero-order valence-electron chi connectivity index (χ0n) is 11.1. The van der Waals surface area contributed by atoms with Crippen LogP contribution in [0.25, 0.3) is 0 Å². The van der Waals surface area contributed by atoms with Crippen molar-refractivity contribution in [2.75, 3.05) is 0 Å². The summed E-state index contributed by atoms with van der Waals surface area (Å²) >= 11 is 1.35. The van der Waals surface area contributed by atoms with Gasteiger partial charge in [0.05, 0.1) is 6.10 Å². The number of aromatic carboxylic acids is 1. The first-order valence-corrected chi connectivity index (χ1v) is 6.87. The van der Waals surface area contributed by atoms with Gasteiger partial charge in [-0.05, 0) is 38.1 Å². The van der Waals surface area contributed by atoms with Crippen molar-refractivity contribution in [1.82, 2.24) is 9.97 Å². The minimum Gasteiger partial charge on any atom is -0.488 e.